The Balaban J connectivity index is 2.05. The molecule has 3 heteroatoms. The number of nitrogens with two attached hydrogens (primary N) is 1. The molecule has 0 fully saturated rings. The van der Waals surface area contributed by atoms with Crippen LogP contribution in [-0.4, -0.2) is 12.5 Å². The maximum Gasteiger partial charge on any atom is 0.260 e. The number of benzene rings is 2. The largest absolute Gasteiger partial charge is 0.398 e. The Morgan fingerprint density at radius 1 is 1.19 bits per heavy atom. The highest BCUT2D eigenvalue weighted by molar-refractivity contribution is 6.10. The molecule has 1 aliphatic rings. The lowest BCUT2D eigenvalue weighted by Gasteiger charge is -2.30. The monoisotopic (exact) mass is 280 g/mol. The summed E-state index contributed by atoms with van der Waals surface area (Å²) >= 11 is 0. The molecule has 0 radical (unpaired) electrons. The van der Waals surface area contributed by atoms with Crippen LogP contribution in [0.15, 0.2) is 36.4 Å². The number of hydrogen-bond acceptors (Lipinski definition) is 2. The Morgan fingerprint density at radius 2 is 2.00 bits per heavy atom. The van der Waals surface area contributed by atoms with Gasteiger partial charge in [0.05, 0.1) is 5.56 Å². The van der Waals surface area contributed by atoms with E-state index in [0.29, 0.717) is 11.3 Å². The highest BCUT2D eigenvalue weighted by atomic mass is 16.2. The van der Waals surface area contributed by atoms with Gasteiger partial charge in [-0.05, 0) is 49.9 Å². The first-order valence-electron chi connectivity index (χ1n) is 7.34. The summed E-state index contributed by atoms with van der Waals surface area (Å²) in [6, 6.07) is 11.9. The lowest BCUT2D eigenvalue weighted by molar-refractivity contribution is 0.0985. The van der Waals surface area contributed by atoms with E-state index in [1.807, 2.05) is 24.0 Å². The predicted molar refractivity (Wildman–Crippen MR) is 86.8 cm³/mol. The van der Waals surface area contributed by atoms with Crippen molar-refractivity contribution in [1.29, 1.82) is 0 Å². The number of carbonyl (C=O) groups excluding carboxylic acids is 1. The molecular formula is C18H20N2O. The summed E-state index contributed by atoms with van der Waals surface area (Å²) in [5.74, 6) is 0.00963. The molecule has 0 bridgehead atoms. The van der Waals surface area contributed by atoms with Gasteiger partial charge in [-0.15, -0.1) is 0 Å². The molecule has 0 aliphatic carbocycles. The first-order valence-corrected chi connectivity index (χ1v) is 7.34. The molecule has 2 aromatic carbocycles. The Hall–Kier alpha value is -2.29. The van der Waals surface area contributed by atoms with Gasteiger partial charge < -0.3 is 10.6 Å². The van der Waals surface area contributed by atoms with Crippen molar-refractivity contribution in [1.82, 2.24) is 0 Å². The molecule has 108 valence electrons. The second-order valence-electron chi connectivity index (χ2n) is 5.73. The number of amides is 1. The molecule has 1 aliphatic heterocycles. The Morgan fingerprint density at radius 3 is 2.76 bits per heavy atom. The molecule has 0 aromatic heterocycles. The van der Waals surface area contributed by atoms with Crippen LogP contribution in [0.4, 0.5) is 11.4 Å². The van der Waals surface area contributed by atoms with E-state index >= 15 is 0 Å². The molecule has 3 nitrogen and oxygen atoms in total. The van der Waals surface area contributed by atoms with Gasteiger partial charge in [0.2, 0.25) is 0 Å². The number of aryl methyl sites for hydroxylation is 3. The molecule has 0 saturated heterocycles. The lowest BCUT2D eigenvalue weighted by atomic mass is 9.97. The third-order valence-electron chi connectivity index (χ3n) is 4.12. The fourth-order valence-corrected chi connectivity index (χ4v) is 3.05. The van der Waals surface area contributed by atoms with Gasteiger partial charge in [-0.25, -0.2) is 0 Å². The molecule has 1 amide bonds. The number of hydrogen-bond donors (Lipinski definition) is 1. The summed E-state index contributed by atoms with van der Waals surface area (Å²) in [5, 5.41) is 0. The van der Waals surface area contributed by atoms with E-state index in [1.165, 1.54) is 11.1 Å². The first-order chi connectivity index (χ1) is 10.1. The van der Waals surface area contributed by atoms with Gasteiger partial charge in [0.15, 0.2) is 0 Å². The van der Waals surface area contributed by atoms with Gasteiger partial charge in [-0.1, -0.05) is 29.8 Å². The first kappa shape index (κ1) is 13.7. The van der Waals surface area contributed by atoms with Crippen LogP contribution < -0.4 is 10.6 Å². The van der Waals surface area contributed by atoms with Crippen LogP contribution in [0.5, 0.6) is 0 Å². The van der Waals surface area contributed by atoms with Crippen LogP contribution in [0, 0.1) is 13.8 Å². The smallest absolute Gasteiger partial charge is 0.260 e. The van der Waals surface area contributed by atoms with E-state index in [1.54, 1.807) is 6.07 Å². The molecule has 3 rings (SSSR count). The molecular weight excluding hydrogens is 260 g/mol. The molecule has 0 saturated carbocycles. The summed E-state index contributed by atoms with van der Waals surface area (Å²) in [5.41, 5.74) is 11.7. The summed E-state index contributed by atoms with van der Waals surface area (Å²) in [4.78, 5) is 14.8. The highest BCUT2D eigenvalue weighted by Gasteiger charge is 2.25. The maximum absolute atomic E-state index is 12.9. The van der Waals surface area contributed by atoms with E-state index < -0.39 is 0 Å². The number of carbonyl (C=O) groups is 1. The van der Waals surface area contributed by atoms with Gasteiger partial charge >= 0.3 is 0 Å². The zero-order valence-electron chi connectivity index (χ0n) is 12.5. The predicted octanol–water partition coefficient (Wildman–Crippen LogP) is 3.48. The van der Waals surface area contributed by atoms with Crippen molar-refractivity contribution in [2.75, 3.05) is 17.2 Å². The Labute approximate surface area is 125 Å². The van der Waals surface area contributed by atoms with Crippen molar-refractivity contribution in [3.05, 3.63) is 58.7 Å². The number of anilines is 2. The zero-order valence-corrected chi connectivity index (χ0v) is 12.5. The summed E-state index contributed by atoms with van der Waals surface area (Å²) in [6.07, 6.45) is 2.03. The van der Waals surface area contributed by atoms with Crippen molar-refractivity contribution < 1.29 is 4.79 Å². The second kappa shape index (κ2) is 5.24. The Bertz CT molecular complexity index is 686. The molecule has 1 heterocycles. The minimum Gasteiger partial charge on any atom is -0.398 e. The van der Waals surface area contributed by atoms with Gasteiger partial charge in [0.1, 0.15) is 0 Å². The topological polar surface area (TPSA) is 46.3 Å². The van der Waals surface area contributed by atoms with Crippen LogP contribution in [0.25, 0.3) is 0 Å². The van der Waals surface area contributed by atoms with Gasteiger partial charge in [-0.3, -0.25) is 4.79 Å². The molecule has 2 aromatic rings. The molecule has 2 N–H and O–H groups in total. The third kappa shape index (κ3) is 2.40. The standard InChI is InChI=1S/C18H20N2O/c1-12-8-9-16-14(11-12)6-4-10-20(16)18(21)17-13(2)5-3-7-15(17)19/h3,5,7-9,11H,4,6,10,19H2,1-2H3. The van der Waals surface area contributed by atoms with Crippen molar-refractivity contribution >= 4 is 17.3 Å². The van der Waals surface area contributed by atoms with E-state index in [2.05, 4.69) is 25.1 Å². The fraction of sp³-hybridized carbons (Fsp3) is 0.278. The van der Waals surface area contributed by atoms with Gasteiger partial charge in [0.25, 0.3) is 5.91 Å². The summed E-state index contributed by atoms with van der Waals surface area (Å²) in [6.45, 7) is 4.77. The lowest BCUT2D eigenvalue weighted by Crippen LogP contribution is -2.36. The minimum atomic E-state index is 0.00963. The van der Waals surface area contributed by atoms with Crippen LogP contribution in [0.3, 0.4) is 0 Å². The molecule has 21 heavy (non-hydrogen) atoms. The van der Waals surface area contributed by atoms with Crippen molar-refractivity contribution in [3.63, 3.8) is 0 Å². The molecule has 0 spiro atoms. The number of rotatable bonds is 1. The van der Waals surface area contributed by atoms with Crippen molar-refractivity contribution in [2.45, 2.75) is 26.7 Å². The third-order valence-corrected chi connectivity index (χ3v) is 4.12. The number of nitrogens with zero attached hydrogens (tertiary/aromatic N) is 1. The van der Waals surface area contributed by atoms with Crippen LogP contribution in [0.2, 0.25) is 0 Å². The quantitative estimate of drug-likeness (QED) is 0.813. The molecule has 0 unspecified atom stereocenters. The van der Waals surface area contributed by atoms with E-state index in [4.69, 9.17) is 5.73 Å². The molecule has 0 atom stereocenters. The van der Waals surface area contributed by atoms with E-state index in [9.17, 15) is 4.79 Å². The van der Waals surface area contributed by atoms with Crippen LogP contribution in [-0.2, 0) is 6.42 Å². The SMILES string of the molecule is Cc1ccc2c(c1)CCCN2C(=O)c1c(C)cccc1N. The minimum absolute atomic E-state index is 0.00963. The van der Waals surface area contributed by atoms with E-state index in [0.717, 1.165) is 30.6 Å². The van der Waals surface area contributed by atoms with Gasteiger partial charge in [-0.2, -0.15) is 0 Å². The van der Waals surface area contributed by atoms with Crippen molar-refractivity contribution in [2.24, 2.45) is 0 Å². The highest BCUT2D eigenvalue weighted by Crippen LogP contribution is 2.30. The van der Waals surface area contributed by atoms with Crippen molar-refractivity contribution in [3.8, 4) is 0 Å². The fourth-order valence-electron chi connectivity index (χ4n) is 3.05. The maximum atomic E-state index is 12.9. The number of fused-ring (bicyclic) bond motifs is 1. The summed E-state index contributed by atoms with van der Waals surface area (Å²) in [7, 11) is 0. The zero-order chi connectivity index (χ0) is 15.0. The van der Waals surface area contributed by atoms with E-state index in [-0.39, 0.29) is 5.91 Å². The van der Waals surface area contributed by atoms with Crippen LogP contribution >= 0.6 is 0 Å². The van der Waals surface area contributed by atoms with Crippen LogP contribution in [0.1, 0.15) is 33.5 Å². The van der Waals surface area contributed by atoms with Gasteiger partial charge in [0, 0.05) is 17.9 Å². The second-order valence-corrected chi connectivity index (χ2v) is 5.73. The Kier molecular flexibility index (Phi) is 3.42. The summed E-state index contributed by atoms with van der Waals surface area (Å²) < 4.78 is 0. The number of nitrogen functional groups attached to an aromatic ring is 1. The normalized spacial score (nSPS) is 13.9. The average molecular weight is 280 g/mol. The average Bonchev–Trinajstić information content (AvgIpc) is 2.46.